The minimum Gasteiger partial charge on any atom is -0.338 e. The molecule has 1 aliphatic heterocycles. The molecule has 4 rings (SSSR count). The van der Waals surface area contributed by atoms with Crippen LogP contribution in [0.2, 0.25) is 0 Å². The van der Waals surface area contributed by atoms with Crippen LogP contribution in [0.25, 0.3) is 0 Å². The lowest BCUT2D eigenvalue weighted by Gasteiger charge is -2.33. The van der Waals surface area contributed by atoms with E-state index in [1.165, 1.54) is 32.1 Å². The SMILES string of the molecule is O=C(c1cccnc1SCC1CCCCC1)N1CCCC(Cn2ccnn2)C1. The maximum Gasteiger partial charge on any atom is 0.256 e. The molecule has 0 aromatic carbocycles. The quantitative estimate of drug-likeness (QED) is 0.690. The van der Waals surface area contributed by atoms with Gasteiger partial charge in [0.05, 0.1) is 11.8 Å². The van der Waals surface area contributed by atoms with Crippen molar-refractivity contribution in [2.45, 2.75) is 56.5 Å². The minimum absolute atomic E-state index is 0.127. The van der Waals surface area contributed by atoms with E-state index >= 15 is 0 Å². The van der Waals surface area contributed by atoms with E-state index in [4.69, 9.17) is 0 Å². The molecule has 1 atom stereocenters. The van der Waals surface area contributed by atoms with Gasteiger partial charge in [-0.25, -0.2) is 4.98 Å². The van der Waals surface area contributed by atoms with Gasteiger partial charge < -0.3 is 4.90 Å². The molecule has 7 heteroatoms. The number of amides is 1. The molecule has 28 heavy (non-hydrogen) atoms. The normalized spacial score (nSPS) is 21.0. The second kappa shape index (κ2) is 9.54. The van der Waals surface area contributed by atoms with Gasteiger partial charge in [-0.1, -0.05) is 24.5 Å². The zero-order valence-electron chi connectivity index (χ0n) is 16.4. The fraction of sp³-hybridized carbons (Fsp3) is 0.619. The molecular weight excluding hydrogens is 370 g/mol. The van der Waals surface area contributed by atoms with E-state index in [1.807, 2.05) is 34.1 Å². The molecule has 2 aliphatic rings. The molecule has 1 saturated carbocycles. The molecule has 150 valence electrons. The van der Waals surface area contributed by atoms with Gasteiger partial charge in [0.2, 0.25) is 0 Å². The van der Waals surface area contributed by atoms with E-state index in [0.717, 1.165) is 54.7 Å². The van der Waals surface area contributed by atoms with Crippen molar-refractivity contribution in [1.29, 1.82) is 0 Å². The van der Waals surface area contributed by atoms with Crippen LogP contribution in [0.5, 0.6) is 0 Å². The lowest BCUT2D eigenvalue weighted by atomic mass is 9.91. The summed E-state index contributed by atoms with van der Waals surface area (Å²) in [6, 6.07) is 3.83. The van der Waals surface area contributed by atoms with Gasteiger partial charge in [0.15, 0.2) is 0 Å². The van der Waals surface area contributed by atoms with Gasteiger partial charge in [-0.2, -0.15) is 0 Å². The Balaban J connectivity index is 1.39. The second-order valence-corrected chi connectivity index (χ2v) is 9.06. The zero-order chi connectivity index (χ0) is 19.2. The number of hydrogen-bond donors (Lipinski definition) is 0. The molecular formula is C21H29N5OS. The van der Waals surface area contributed by atoms with Crippen LogP contribution in [0, 0.1) is 11.8 Å². The van der Waals surface area contributed by atoms with Gasteiger partial charge >= 0.3 is 0 Å². The van der Waals surface area contributed by atoms with Crippen LogP contribution in [0.3, 0.4) is 0 Å². The Bertz CT molecular complexity index is 760. The number of aromatic nitrogens is 4. The number of hydrogen-bond acceptors (Lipinski definition) is 5. The minimum atomic E-state index is 0.127. The third-order valence-electron chi connectivity index (χ3n) is 5.91. The average molecular weight is 400 g/mol. The summed E-state index contributed by atoms with van der Waals surface area (Å²) in [6.45, 7) is 2.43. The van der Waals surface area contributed by atoms with Crippen molar-refractivity contribution in [2.24, 2.45) is 11.8 Å². The summed E-state index contributed by atoms with van der Waals surface area (Å²) in [5.74, 6) is 2.40. The van der Waals surface area contributed by atoms with Crippen LogP contribution < -0.4 is 0 Å². The molecule has 0 N–H and O–H groups in total. The number of carbonyl (C=O) groups excluding carboxylic acids is 1. The van der Waals surface area contributed by atoms with Crippen LogP contribution >= 0.6 is 11.8 Å². The van der Waals surface area contributed by atoms with Crippen LogP contribution in [0.15, 0.2) is 35.7 Å². The maximum atomic E-state index is 13.3. The number of carbonyl (C=O) groups is 1. The summed E-state index contributed by atoms with van der Waals surface area (Å²) in [6.07, 6.45) is 14.3. The third kappa shape index (κ3) is 4.93. The Morgan fingerprint density at radius 2 is 1.96 bits per heavy atom. The Morgan fingerprint density at radius 1 is 1.11 bits per heavy atom. The van der Waals surface area contributed by atoms with E-state index in [-0.39, 0.29) is 5.91 Å². The first-order valence-electron chi connectivity index (χ1n) is 10.5. The second-order valence-electron chi connectivity index (χ2n) is 8.06. The van der Waals surface area contributed by atoms with Gasteiger partial charge in [-0.05, 0) is 49.7 Å². The lowest BCUT2D eigenvalue weighted by molar-refractivity contribution is 0.0655. The van der Waals surface area contributed by atoms with Crippen molar-refractivity contribution >= 4 is 17.7 Å². The Hall–Kier alpha value is -1.89. The highest BCUT2D eigenvalue weighted by Gasteiger charge is 2.27. The predicted molar refractivity (Wildman–Crippen MR) is 110 cm³/mol. The first-order chi connectivity index (χ1) is 13.8. The lowest BCUT2D eigenvalue weighted by Crippen LogP contribution is -2.41. The Kier molecular flexibility index (Phi) is 6.62. The molecule has 2 aromatic heterocycles. The van der Waals surface area contributed by atoms with Crippen LogP contribution in [-0.4, -0.2) is 49.6 Å². The predicted octanol–water partition coefficient (Wildman–Crippen LogP) is 3.90. The molecule has 1 unspecified atom stereocenters. The summed E-state index contributed by atoms with van der Waals surface area (Å²) < 4.78 is 1.87. The summed E-state index contributed by atoms with van der Waals surface area (Å²) in [7, 11) is 0. The Labute approximate surface area is 171 Å². The number of nitrogens with zero attached hydrogens (tertiary/aromatic N) is 5. The van der Waals surface area contributed by atoms with Crippen molar-refractivity contribution < 1.29 is 4.79 Å². The molecule has 2 aromatic rings. The number of pyridine rings is 1. The van der Waals surface area contributed by atoms with Crippen molar-refractivity contribution in [2.75, 3.05) is 18.8 Å². The molecule has 0 radical (unpaired) electrons. The average Bonchev–Trinajstić information content (AvgIpc) is 3.26. The molecule has 1 aliphatic carbocycles. The smallest absolute Gasteiger partial charge is 0.256 e. The number of thioether (sulfide) groups is 1. The van der Waals surface area contributed by atoms with E-state index in [1.54, 1.807) is 18.0 Å². The molecule has 0 spiro atoms. The van der Waals surface area contributed by atoms with E-state index < -0.39 is 0 Å². The highest BCUT2D eigenvalue weighted by molar-refractivity contribution is 7.99. The van der Waals surface area contributed by atoms with Gasteiger partial charge in [-0.3, -0.25) is 9.48 Å². The number of rotatable bonds is 6. The van der Waals surface area contributed by atoms with Crippen LogP contribution in [-0.2, 0) is 6.54 Å². The standard InChI is InChI=1S/C21H29N5OS/c27-21(25-12-5-8-18(14-25)15-26-13-11-23-24-26)19-9-4-10-22-20(19)28-16-17-6-2-1-3-7-17/h4,9-11,13,17-18H,1-3,5-8,12,14-16H2. The summed E-state index contributed by atoms with van der Waals surface area (Å²) in [5.41, 5.74) is 0.768. The highest BCUT2D eigenvalue weighted by Crippen LogP contribution is 2.31. The van der Waals surface area contributed by atoms with Gasteiger partial charge in [0, 0.05) is 37.8 Å². The summed E-state index contributed by atoms with van der Waals surface area (Å²) in [4.78, 5) is 19.8. The van der Waals surface area contributed by atoms with Crippen molar-refractivity contribution in [3.05, 3.63) is 36.3 Å². The first kappa shape index (κ1) is 19.4. The van der Waals surface area contributed by atoms with Crippen molar-refractivity contribution in [3.8, 4) is 0 Å². The van der Waals surface area contributed by atoms with Crippen LogP contribution in [0.1, 0.15) is 55.3 Å². The maximum absolute atomic E-state index is 13.3. The molecule has 2 fully saturated rings. The molecule has 3 heterocycles. The van der Waals surface area contributed by atoms with E-state index in [9.17, 15) is 4.79 Å². The zero-order valence-corrected chi connectivity index (χ0v) is 17.2. The monoisotopic (exact) mass is 399 g/mol. The third-order valence-corrected chi connectivity index (χ3v) is 7.14. The molecule has 1 amide bonds. The molecule has 1 saturated heterocycles. The molecule has 0 bridgehead atoms. The fourth-order valence-corrected chi connectivity index (χ4v) is 5.56. The van der Waals surface area contributed by atoms with Crippen LogP contribution in [0.4, 0.5) is 0 Å². The van der Waals surface area contributed by atoms with E-state index in [2.05, 4.69) is 15.3 Å². The summed E-state index contributed by atoms with van der Waals surface area (Å²) >= 11 is 1.77. The fourth-order valence-electron chi connectivity index (χ4n) is 4.38. The summed E-state index contributed by atoms with van der Waals surface area (Å²) in [5, 5.41) is 8.85. The van der Waals surface area contributed by atoms with Crippen molar-refractivity contribution in [3.63, 3.8) is 0 Å². The molecule has 6 nitrogen and oxygen atoms in total. The van der Waals surface area contributed by atoms with E-state index in [0.29, 0.717) is 5.92 Å². The Morgan fingerprint density at radius 3 is 2.79 bits per heavy atom. The topological polar surface area (TPSA) is 63.9 Å². The first-order valence-corrected chi connectivity index (χ1v) is 11.5. The van der Waals surface area contributed by atoms with Crippen molar-refractivity contribution in [1.82, 2.24) is 24.9 Å². The number of likely N-dealkylation sites (tertiary alicyclic amines) is 1. The van der Waals surface area contributed by atoms with Gasteiger partial charge in [-0.15, -0.1) is 16.9 Å². The van der Waals surface area contributed by atoms with Gasteiger partial charge in [0.1, 0.15) is 5.03 Å². The number of piperidine rings is 1. The van der Waals surface area contributed by atoms with Gasteiger partial charge in [0.25, 0.3) is 5.91 Å². The highest BCUT2D eigenvalue weighted by atomic mass is 32.2. The largest absolute Gasteiger partial charge is 0.338 e.